The van der Waals surface area contributed by atoms with Gasteiger partial charge in [0.1, 0.15) is 6.10 Å². The number of methoxy groups -OCH3 is 1. The molecule has 126 valence electrons. The fourth-order valence-corrected chi connectivity index (χ4v) is 2.79. The third kappa shape index (κ3) is 3.66. The lowest BCUT2D eigenvalue weighted by molar-refractivity contribution is 0.0543. The van der Waals surface area contributed by atoms with Gasteiger partial charge in [0.25, 0.3) is 0 Å². The molecule has 4 nitrogen and oxygen atoms in total. The highest BCUT2D eigenvalue weighted by molar-refractivity contribution is 5.91. The maximum atomic E-state index is 11.8. The van der Waals surface area contributed by atoms with E-state index in [-0.39, 0.29) is 18.2 Å². The van der Waals surface area contributed by atoms with Crippen molar-refractivity contribution in [3.8, 4) is 11.1 Å². The van der Waals surface area contributed by atoms with Gasteiger partial charge in [-0.2, -0.15) is 0 Å². The van der Waals surface area contributed by atoms with Gasteiger partial charge in [-0.3, -0.25) is 0 Å². The predicted molar refractivity (Wildman–Crippen MR) is 92.1 cm³/mol. The summed E-state index contributed by atoms with van der Waals surface area (Å²) in [5, 5.41) is 0. The molecule has 0 aromatic heterocycles. The number of benzene rings is 2. The number of carbonyl (C=O) groups is 1. The molecular formula is C20H22O4. The number of esters is 1. The molecule has 0 N–H and O–H groups in total. The fraction of sp³-hybridized carbons (Fsp3) is 0.350. The molecule has 1 aliphatic rings. The molecule has 1 heterocycles. The Morgan fingerprint density at radius 1 is 1.29 bits per heavy atom. The topological polar surface area (TPSA) is 48.1 Å². The maximum absolute atomic E-state index is 11.8. The third-order valence-electron chi connectivity index (χ3n) is 4.28. The van der Waals surface area contributed by atoms with Crippen LogP contribution in [0.2, 0.25) is 0 Å². The molecule has 1 fully saturated rings. The smallest absolute Gasteiger partial charge is 0.338 e. The van der Waals surface area contributed by atoms with Crippen molar-refractivity contribution in [3.05, 3.63) is 59.2 Å². The highest BCUT2D eigenvalue weighted by Crippen LogP contribution is 2.31. The number of hydrogen-bond donors (Lipinski definition) is 0. The first-order valence-electron chi connectivity index (χ1n) is 8.11. The summed E-state index contributed by atoms with van der Waals surface area (Å²) < 4.78 is 15.9. The second-order valence-corrected chi connectivity index (χ2v) is 6.04. The summed E-state index contributed by atoms with van der Waals surface area (Å²) in [6, 6.07) is 14.0. The average Bonchev–Trinajstić information content (AvgIpc) is 3.43. The first kappa shape index (κ1) is 16.7. The molecule has 1 saturated heterocycles. The van der Waals surface area contributed by atoms with Crippen molar-refractivity contribution in [1.82, 2.24) is 0 Å². The van der Waals surface area contributed by atoms with Gasteiger partial charge < -0.3 is 14.2 Å². The van der Waals surface area contributed by atoms with E-state index in [2.05, 4.69) is 19.1 Å². The van der Waals surface area contributed by atoms with Gasteiger partial charge in [-0.25, -0.2) is 4.79 Å². The molecule has 24 heavy (non-hydrogen) atoms. The van der Waals surface area contributed by atoms with Crippen molar-refractivity contribution < 1.29 is 19.0 Å². The van der Waals surface area contributed by atoms with E-state index in [1.165, 1.54) is 7.11 Å². The van der Waals surface area contributed by atoms with E-state index >= 15 is 0 Å². The van der Waals surface area contributed by atoms with Gasteiger partial charge in [0.05, 0.1) is 32.0 Å². The van der Waals surface area contributed by atoms with Gasteiger partial charge in [-0.1, -0.05) is 36.4 Å². The molecule has 2 aromatic rings. The molecule has 0 spiro atoms. The number of rotatable bonds is 6. The van der Waals surface area contributed by atoms with Crippen LogP contribution < -0.4 is 0 Å². The van der Waals surface area contributed by atoms with Crippen molar-refractivity contribution in [3.63, 3.8) is 0 Å². The SMILES string of the molecule is COC(=O)c1ccc(-c2ccccc2[C@@H](C)OCC2CO2)cc1C. The molecular weight excluding hydrogens is 304 g/mol. The summed E-state index contributed by atoms with van der Waals surface area (Å²) in [6.45, 7) is 5.39. The van der Waals surface area contributed by atoms with Gasteiger partial charge in [-0.05, 0) is 42.2 Å². The van der Waals surface area contributed by atoms with Gasteiger partial charge in [-0.15, -0.1) is 0 Å². The Morgan fingerprint density at radius 3 is 2.71 bits per heavy atom. The second kappa shape index (κ2) is 7.16. The minimum atomic E-state index is -0.312. The van der Waals surface area contributed by atoms with Crippen LogP contribution in [0.5, 0.6) is 0 Å². The molecule has 0 bridgehead atoms. The van der Waals surface area contributed by atoms with Crippen LogP contribution in [0.15, 0.2) is 42.5 Å². The summed E-state index contributed by atoms with van der Waals surface area (Å²) in [5.74, 6) is -0.312. The summed E-state index contributed by atoms with van der Waals surface area (Å²) in [7, 11) is 1.40. The molecule has 2 aromatic carbocycles. The zero-order valence-corrected chi connectivity index (χ0v) is 14.2. The Balaban J connectivity index is 1.88. The van der Waals surface area contributed by atoms with Crippen LogP contribution in [0.1, 0.15) is 34.5 Å². The lowest BCUT2D eigenvalue weighted by Crippen LogP contribution is -2.07. The third-order valence-corrected chi connectivity index (χ3v) is 4.28. The van der Waals surface area contributed by atoms with E-state index < -0.39 is 0 Å². The Morgan fingerprint density at radius 2 is 2.04 bits per heavy atom. The predicted octanol–water partition coefficient (Wildman–Crippen LogP) is 3.93. The van der Waals surface area contributed by atoms with E-state index in [1.807, 2.05) is 37.3 Å². The molecule has 1 aliphatic heterocycles. The Kier molecular flexibility index (Phi) is 4.97. The van der Waals surface area contributed by atoms with Crippen LogP contribution in [0.3, 0.4) is 0 Å². The van der Waals surface area contributed by atoms with E-state index in [9.17, 15) is 4.79 Å². The molecule has 0 aliphatic carbocycles. The molecule has 4 heteroatoms. The summed E-state index contributed by atoms with van der Waals surface area (Å²) in [6.07, 6.45) is 0.229. The Hall–Kier alpha value is -2.17. The van der Waals surface area contributed by atoms with E-state index in [1.54, 1.807) is 0 Å². The number of hydrogen-bond acceptors (Lipinski definition) is 4. The number of ether oxygens (including phenoxy) is 3. The normalized spacial score (nSPS) is 17.4. The average molecular weight is 326 g/mol. The first-order chi connectivity index (χ1) is 11.6. The van der Waals surface area contributed by atoms with Crippen LogP contribution in [-0.4, -0.2) is 32.4 Å². The van der Waals surface area contributed by atoms with E-state index in [4.69, 9.17) is 14.2 Å². The highest BCUT2D eigenvalue weighted by Gasteiger charge is 2.24. The number of epoxide rings is 1. The Bertz CT molecular complexity index is 734. The first-order valence-corrected chi connectivity index (χ1v) is 8.11. The quantitative estimate of drug-likeness (QED) is 0.596. The van der Waals surface area contributed by atoms with Crippen LogP contribution in [-0.2, 0) is 14.2 Å². The minimum Gasteiger partial charge on any atom is -0.465 e. The lowest BCUT2D eigenvalue weighted by Gasteiger charge is -2.18. The largest absolute Gasteiger partial charge is 0.465 e. The van der Waals surface area contributed by atoms with Crippen LogP contribution in [0.4, 0.5) is 0 Å². The van der Waals surface area contributed by atoms with Crippen LogP contribution in [0, 0.1) is 6.92 Å². The molecule has 0 amide bonds. The van der Waals surface area contributed by atoms with Gasteiger partial charge in [0, 0.05) is 0 Å². The van der Waals surface area contributed by atoms with Crippen molar-refractivity contribution >= 4 is 5.97 Å². The zero-order valence-electron chi connectivity index (χ0n) is 14.2. The molecule has 1 unspecified atom stereocenters. The zero-order chi connectivity index (χ0) is 17.1. The Labute approximate surface area is 142 Å². The molecule has 0 saturated carbocycles. The highest BCUT2D eigenvalue weighted by atomic mass is 16.6. The minimum absolute atomic E-state index is 0.0222. The maximum Gasteiger partial charge on any atom is 0.338 e. The monoisotopic (exact) mass is 326 g/mol. The lowest BCUT2D eigenvalue weighted by atomic mass is 9.94. The van der Waals surface area contributed by atoms with Gasteiger partial charge in [0.2, 0.25) is 0 Å². The van der Waals surface area contributed by atoms with Crippen LogP contribution in [0.25, 0.3) is 11.1 Å². The van der Waals surface area contributed by atoms with Crippen LogP contribution >= 0.6 is 0 Å². The summed E-state index contributed by atoms with van der Waals surface area (Å²) >= 11 is 0. The van der Waals surface area contributed by atoms with Crippen molar-refractivity contribution in [2.45, 2.75) is 26.1 Å². The van der Waals surface area contributed by atoms with E-state index in [0.29, 0.717) is 12.2 Å². The standard InChI is InChI=1S/C20H22O4/c1-13-10-15(8-9-17(13)20(21)22-3)19-7-5-4-6-18(19)14(2)23-11-16-12-24-16/h4-10,14,16H,11-12H2,1-3H3/t14-,16?/m1/s1. The van der Waals surface area contributed by atoms with Crippen molar-refractivity contribution in [2.75, 3.05) is 20.3 Å². The number of carbonyl (C=O) groups excluding carboxylic acids is 1. The second-order valence-electron chi connectivity index (χ2n) is 6.04. The molecule has 2 atom stereocenters. The molecule has 0 radical (unpaired) electrons. The molecule has 3 rings (SSSR count). The van der Waals surface area contributed by atoms with Gasteiger partial charge in [0.15, 0.2) is 0 Å². The summed E-state index contributed by atoms with van der Waals surface area (Å²) in [4.78, 5) is 11.8. The summed E-state index contributed by atoms with van der Waals surface area (Å²) in [5.41, 5.74) is 4.79. The van der Waals surface area contributed by atoms with E-state index in [0.717, 1.165) is 28.9 Å². The fourth-order valence-electron chi connectivity index (χ4n) is 2.79. The van der Waals surface area contributed by atoms with Crippen molar-refractivity contribution in [2.24, 2.45) is 0 Å². The van der Waals surface area contributed by atoms with Crippen molar-refractivity contribution in [1.29, 1.82) is 0 Å². The number of aryl methyl sites for hydroxylation is 1. The van der Waals surface area contributed by atoms with Gasteiger partial charge >= 0.3 is 5.97 Å².